The molecule has 4 rings (SSSR count). The van der Waals surface area contributed by atoms with Crippen LogP contribution >= 0.6 is 11.3 Å². The number of hydrogen-bond donors (Lipinski definition) is 2. The number of morpholine rings is 1. The van der Waals surface area contributed by atoms with Crippen LogP contribution in [0.5, 0.6) is 11.5 Å². The molecule has 1 saturated heterocycles. The van der Waals surface area contributed by atoms with Crippen LogP contribution in [0.4, 0.5) is 16.5 Å². The van der Waals surface area contributed by atoms with Crippen LogP contribution in [0.1, 0.15) is 32.4 Å². The summed E-state index contributed by atoms with van der Waals surface area (Å²) in [5, 5.41) is 8.08. The number of aromatic nitrogens is 1. The number of thiazole rings is 1. The molecule has 10 heteroatoms. The lowest BCUT2D eigenvalue weighted by molar-refractivity contribution is -0.117. The van der Waals surface area contributed by atoms with Gasteiger partial charge in [0, 0.05) is 36.5 Å². The van der Waals surface area contributed by atoms with Crippen LogP contribution in [-0.4, -0.2) is 56.3 Å². The highest BCUT2D eigenvalue weighted by Gasteiger charge is 2.30. The summed E-state index contributed by atoms with van der Waals surface area (Å²) in [6.45, 7) is 7.66. The largest absolute Gasteiger partial charge is 0.492 e. The first-order valence-electron chi connectivity index (χ1n) is 11.4. The second-order valence-corrected chi connectivity index (χ2v) is 8.77. The van der Waals surface area contributed by atoms with Gasteiger partial charge in [-0.25, -0.2) is 4.98 Å². The number of hydrogen-bond acceptors (Lipinski definition) is 8. The lowest BCUT2D eigenvalue weighted by atomic mass is 10.2. The Kier molecular flexibility index (Phi) is 7.66. The molecular weight excluding hydrogens is 444 g/mol. The van der Waals surface area contributed by atoms with Crippen molar-refractivity contribution in [2.24, 2.45) is 5.92 Å². The fourth-order valence-electron chi connectivity index (χ4n) is 3.60. The van der Waals surface area contributed by atoms with E-state index in [2.05, 4.69) is 20.5 Å². The minimum absolute atomic E-state index is 0.00511. The molecule has 2 amide bonds. The Morgan fingerprint density at radius 1 is 1.12 bits per heavy atom. The van der Waals surface area contributed by atoms with Gasteiger partial charge in [-0.05, 0) is 26.7 Å². The van der Waals surface area contributed by atoms with Gasteiger partial charge in [0.05, 0.1) is 49.9 Å². The molecule has 2 aliphatic rings. The van der Waals surface area contributed by atoms with E-state index in [9.17, 15) is 9.59 Å². The number of ether oxygens (including phenoxy) is 3. The number of nitrogens with one attached hydrogen (secondary N) is 2. The van der Waals surface area contributed by atoms with E-state index in [1.807, 2.05) is 26.0 Å². The van der Waals surface area contributed by atoms with E-state index in [0.29, 0.717) is 54.4 Å². The topological polar surface area (TPSA) is 102 Å². The Hall–Kier alpha value is -2.85. The maximum absolute atomic E-state index is 12.8. The summed E-state index contributed by atoms with van der Waals surface area (Å²) in [7, 11) is 0. The van der Waals surface area contributed by atoms with Gasteiger partial charge in [-0.1, -0.05) is 0 Å². The Labute approximate surface area is 197 Å². The van der Waals surface area contributed by atoms with Crippen molar-refractivity contribution in [1.82, 2.24) is 4.98 Å². The first kappa shape index (κ1) is 23.3. The first-order valence-corrected chi connectivity index (χ1v) is 12.3. The van der Waals surface area contributed by atoms with Crippen molar-refractivity contribution in [3.8, 4) is 11.5 Å². The standard InChI is InChI=1S/C23H30N4O5S/c1-3-31-19-13-18(27-7-9-30-10-8-27)20(32-4-2)12-17(19)25-21(28)11-16-14-33-23(24-16)26-22(29)15-5-6-15/h12-15H,3-11H2,1-2H3,(H,25,28)(H,24,26,29). The summed E-state index contributed by atoms with van der Waals surface area (Å²) in [5.41, 5.74) is 2.09. The fourth-order valence-corrected chi connectivity index (χ4v) is 4.31. The first-order chi connectivity index (χ1) is 16.1. The molecular formula is C23H30N4O5S. The molecule has 0 atom stereocenters. The minimum atomic E-state index is -0.220. The van der Waals surface area contributed by atoms with E-state index >= 15 is 0 Å². The van der Waals surface area contributed by atoms with E-state index in [4.69, 9.17) is 14.2 Å². The van der Waals surface area contributed by atoms with Crippen molar-refractivity contribution >= 4 is 39.7 Å². The van der Waals surface area contributed by atoms with Gasteiger partial charge in [-0.2, -0.15) is 0 Å². The van der Waals surface area contributed by atoms with Crippen molar-refractivity contribution in [2.75, 3.05) is 55.1 Å². The van der Waals surface area contributed by atoms with Crippen LogP contribution in [0, 0.1) is 5.92 Å². The van der Waals surface area contributed by atoms with Gasteiger partial charge in [-0.3, -0.25) is 9.59 Å². The van der Waals surface area contributed by atoms with E-state index in [1.54, 1.807) is 5.38 Å². The lowest BCUT2D eigenvalue weighted by Gasteiger charge is -2.31. The molecule has 9 nitrogen and oxygen atoms in total. The molecule has 0 unspecified atom stereocenters. The fraction of sp³-hybridized carbons (Fsp3) is 0.522. The molecule has 1 aliphatic carbocycles. The SMILES string of the molecule is CCOc1cc(N2CCOCC2)c(OCC)cc1NC(=O)Cc1csc(NC(=O)C2CC2)n1. The number of carbonyl (C=O) groups is 2. The second kappa shape index (κ2) is 10.8. The molecule has 0 bridgehead atoms. The lowest BCUT2D eigenvalue weighted by Crippen LogP contribution is -2.36. The number of benzene rings is 1. The molecule has 2 fully saturated rings. The molecule has 2 N–H and O–H groups in total. The van der Waals surface area contributed by atoms with Crippen LogP contribution < -0.4 is 25.0 Å². The van der Waals surface area contributed by atoms with Gasteiger partial charge in [0.2, 0.25) is 11.8 Å². The highest BCUT2D eigenvalue weighted by molar-refractivity contribution is 7.13. The van der Waals surface area contributed by atoms with E-state index in [0.717, 1.165) is 31.6 Å². The molecule has 178 valence electrons. The van der Waals surface area contributed by atoms with Gasteiger partial charge in [0.15, 0.2) is 5.13 Å². The molecule has 1 aromatic carbocycles. The molecule has 1 aromatic heterocycles. The maximum atomic E-state index is 12.8. The molecule has 33 heavy (non-hydrogen) atoms. The van der Waals surface area contributed by atoms with Gasteiger partial charge in [0.25, 0.3) is 0 Å². The maximum Gasteiger partial charge on any atom is 0.230 e. The van der Waals surface area contributed by atoms with Crippen molar-refractivity contribution in [1.29, 1.82) is 0 Å². The van der Waals surface area contributed by atoms with Gasteiger partial charge in [-0.15, -0.1) is 11.3 Å². The number of rotatable bonds is 10. The number of carbonyl (C=O) groups excluding carboxylic acids is 2. The molecule has 2 aromatic rings. The van der Waals surface area contributed by atoms with Crippen LogP contribution in [0.3, 0.4) is 0 Å². The zero-order chi connectivity index (χ0) is 23.2. The summed E-state index contributed by atoms with van der Waals surface area (Å²) >= 11 is 1.33. The molecule has 0 radical (unpaired) electrons. The summed E-state index contributed by atoms with van der Waals surface area (Å²) in [5.74, 6) is 1.18. The summed E-state index contributed by atoms with van der Waals surface area (Å²) < 4.78 is 17.2. The number of amides is 2. The summed E-state index contributed by atoms with van der Waals surface area (Å²) in [6, 6.07) is 3.74. The number of anilines is 3. The van der Waals surface area contributed by atoms with E-state index in [1.165, 1.54) is 11.3 Å². The minimum Gasteiger partial charge on any atom is -0.492 e. The normalized spacial score (nSPS) is 15.8. The van der Waals surface area contributed by atoms with Crippen molar-refractivity contribution in [3.63, 3.8) is 0 Å². The van der Waals surface area contributed by atoms with Crippen LogP contribution in [0.2, 0.25) is 0 Å². The van der Waals surface area contributed by atoms with Crippen LogP contribution in [-0.2, 0) is 20.7 Å². The smallest absolute Gasteiger partial charge is 0.230 e. The molecule has 2 heterocycles. The van der Waals surface area contributed by atoms with Crippen molar-refractivity contribution in [2.45, 2.75) is 33.1 Å². The highest BCUT2D eigenvalue weighted by Crippen LogP contribution is 2.39. The van der Waals surface area contributed by atoms with E-state index < -0.39 is 0 Å². The van der Waals surface area contributed by atoms with Crippen molar-refractivity contribution in [3.05, 3.63) is 23.2 Å². The van der Waals surface area contributed by atoms with Gasteiger partial charge >= 0.3 is 0 Å². The summed E-state index contributed by atoms with van der Waals surface area (Å²) in [4.78, 5) is 31.3. The molecule has 1 saturated carbocycles. The third kappa shape index (κ3) is 6.14. The zero-order valence-electron chi connectivity index (χ0n) is 19.0. The predicted octanol–water partition coefficient (Wildman–Crippen LogP) is 3.31. The van der Waals surface area contributed by atoms with Crippen LogP contribution in [0.25, 0.3) is 0 Å². The van der Waals surface area contributed by atoms with Gasteiger partial charge < -0.3 is 29.7 Å². The van der Waals surface area contributed by atoms with Crippen molar-refractivity contribution < 1.29 is 23.8 Å². The summed E-state index contributed by atoms with van der Waals surface area (Å²) in [6.07, 6.45) is 1.96. The Balaban J connectivity index is 1.47. The Morgan fingerprint density at radius 2 is 1.85 bits per heavy atom. The molecule has 1 aliphatic heterocycles. The predicted molar refractivity (Wildman–Crippen MR) is 128 cm³/mol. The van der Waals surface area contributed by atoms with Crippen LogP contribution in [0.15, 0.2) is 17.5 Å². The van der Waals surface area contributed by atoms with E-state index in [-0.39, 0.29) is 24.2 Å². The van der Waals surface area contributed by atoms with Gasteiger partial charge in [0.1, 0.15) is 11.5 Å². The zero-order valence-corrected chi connectivity index (χ0v) is 19.8. The third-order valence-electron chi connectivity index (χ3n) is 5.36. The third-order valence-corrected chi connectivity index (χ3v) is 6.16. The molecule has 0 spiro atoms. The highest BCUT2D eigenvalue weighted by atomic mass is 32.1. The average Bonchev–Trinajstić information content (AvgIpc) is 3.58. The quantitative estimate of drug-likeness (QED) is 0.545. The second-order valence-electron chi connectivity index (χ2n) is 7.91. The average molecular weight is 475 g/mol. The monoisotopic (exact) mass is 474 g/mol. The Bertz CT molecular complexity index is 985. The number of nitrogens with zero attached hydrogens (tertiary/aromatic N) is 2. The Morgan fingerprint density at radius 3 is 2.55 bits per heavy atom.